The Morgan fingerprint density at radius 3 is 2.42 bits per heavy atom. The number of methoxy groups -OCH3 is 1. The third-order valence-corrected chi connectivity index (χ3v) is 5.26. The topological polar surface area (TPSA) is 38.5 Å². The van der Waals surface area contributed by atoms with E-state index < -0.39 is 0 Å². The molecule has 0 spiro atoms. The maximum Gasteiger partial charge on any atom is 0.0502 e. The lowest BCUT2D eigenvalue weighted by atomic mass is 9.80. The molecule has 1 saturated heterocycles. The van der Waals surface area contributed by atoms with E-state index in [9.17, 15) is 0 Å². The Morgan fingerprint density at radius 2 is 1.79 bits per heavy atom. The molecule has 2 aliphatic rings. The number of piperidine rings is 1. The minimum atomic E-state index is 0.298. The Morgan fingerprint density at radius 1 is 1.11 bits per heavy atom. The summed E-state index contributed by atoms with van der Waals surface area (Å²) in [7, 11) is 1.83. The van der Waals surface area contributed by atoms with Crippen LogP contribution in [0, 0.1) is 5.92 Å². The fraction of sp³-hybridized carbons (Fsp3) is 1.00. The van der Waals surface area contributed by atoms with Gasteiger partial charge in [-0.3, -0.25) is 4.90 Å². The van der Waals surface area contributed by atoms with Crippen LogP contribution in [0.4, 0.5) is 0 Å². The van der Waals surface area contributed by atoms with Crippen LogP contribution in [0.2, 0.25) is 0 Å². The van der Waals surface area contributed by atoms with Crippen LogP contribution in [0.3, 0.4) is 0 Å². The Labute approximate surface area is 118 Å². The van der Waals surface area contributed by atoms with E-state index in [1.165, 1.54) is 70.9 Å². The van der Waals surface area contributed by atoms with Gasteiger partial charge < -0.3 is 10.5 Å². The van der Waals surface area contributed by atoms with Gasteiger partial charge in [-0.2, -0.15) is 0 Å². The van der Waals surface area contributed by atoms with Gasteiger partial charge in [-0.05, 0) is 38.1 Å². The first-order valence-corrected chi connectivity index (χ1v) is 8.25. The van der Waals surface area contributed by atoms with Crippen molar-refractivity contribution in [2.75, 3.05) is 33.4 Å². The van der Waals surface area contributed by atoms with Crippen molar-refractivity contribution in [2.45, 2.75) is 63.3 Å². The average Bonchev–Trinajstić information content (AvgIpc) is 2.40. The Balaban J connectivity index is 2.00. The molecule has 1 atom stereocenters. The van der Waals surface area contributed by atoms with E-state index >= 15 is 0 Å². The summed E-state index contributed by atoms with van der Waals surface area (Å²) < 4.78 is 5.37. The Kier molecular flexibility index (Phi) is 6.11. The molecule has 1 heterocycles. The third kappa shape index (κ3) is 3.93. The highest BCUT2D eigenvalue weighted by Gasteiger charge is 2.37. The van der Waals surface area contributed by atoms with E-state index in [1.807, 2.05) is 7.11 Å². The summed E-state index contributed by atoms with van der Waals surface area (Å²) in [4.78, 5) is 2.73. The lowest BCUT2D eigenvalue weighted by Gasteiger charge is -2.48. The molecule has 3 heteroatoms. The van der Waals surface area contributed by atoms with Crippen LogP contribution in [0.25, 0.3) is 0 Å². The summed E-state index contributed by atoms with van der Waals surface area (Å²) in [6, 6.07) is 0. The van der Waals surface area contributed by atoms with Crippen LogP contribution < -0.4 is 5.73 Å². The van der Waals surface area contributed by atoms with Crippen molar-refractivity contribution in [3.8, 4) is 0 Å². The van der Waals surface area contributed by atoms with Crippen LogP contribution >= 0.6 is 0 Å². The van der Waals surface area contributed by atoms with E-state index in [-0.39, 0.29) is 0 Å². The van der Waals surface area contributed by atoms with Crippen LogP contribution in [0.1, 0.15) is 57.8 Å². The Bertz CT molecular complexity index is 247. The molecule has 2 N–H and O–H groups in total. The molecule has 19 heavy (non-hydrogen) atoms. The zero-order valence-corrected chi connectivity index (χ0v) is 12.7. The highest BCUT2D eigenvalue weighted by Crippen LogP contribution is 2.34. The maximum absolute atomic E-state index is 6.24. The second kappa shape index (κ2) is 7.61. The standard InChI is InChI=1S/C16H32N2O/c1-19-13-15-8-7-11-18(12-15)16(14-17)9-5-3-2-4-6-10-16/h15H,2-14,17H2,1H3. The zero-order valence-electron chi connectivity index (χ0n) is 12.7. The van der Waals surface area contributed by atoms with E-state index in [4.69, 9.17) is 10.5 Å². The first-order chi connectivity index (χ1) is 9.30. The highest BCUT2D eigenvalue weighted by molar-refractivity contribution is 4.94. The number of rotatable bonds is 4. The molecule has 0 bridgehead atoms. The number of hydrogen-bond acceptors (Lipinski definition) is 3. The molecule has 1 aliphatic carbocycles. The van der Waals surface area contributed by atoms with Gasteiger partial charge in [0.05, 0.1) is 6.61 Å². The molecule has 0 aromatic rings. The van der Waals surface area contributed by atoms with Gasteiger partial charge in [-0.15, -0.1) is 0 Å². The van der Waals surface area contributed by atoms with Gasteiger partial charge >= 0.3 is 0 Å². The summed E-state index contributed by atoms with van der Waals surface area (Å²) in [5.41, 5.74) is 6.53. The predicted molar refractivity (Wildman–Crippen MR) is 80.3 cm³/mol. The molecule has 1 saturated carbocycles. The number of likely N-dealkylation sites (tertiary alicyclic amines) is 1. The monoisotopic (exact) mass is 268 g/mol. The van der Waals surface area contributed by atoms with E-state index in [0.29, 0.717) is 11.5 Å². The number of hydrogen-bond donors (Lipinski definition) is 1. The van der Waals surface area contributed by atoms with Gasteiger partial charge in [0.1, 0.15) is 0 Å². The molecule has 2 rings (SSSR count). The molecule has 112 valence electrons. The molecule has 0 amide bonds. The van der Waals surface area contributed by atoms with Gasteiger partial charge in [0.15, 0.2) is 0 Å². The van der Waals surface area contributed by atoms with Crippen molar-refractivity contribution in [3.63, 3.8) is 0 Å². The minimum Gasteiger partial charge on any atom is -0.384 e. The molecule has 1 unspecified atom stereocenters. The molecule has 0 aromatic carbocycles. The van der Waals surface area contributed by atoms with Gasteiger partial charge in [-0.25, -0.2) is 0 Å². The normalized spacial score (nSPS) is 29.7. The van der Waals surface area contributed by atoms with Gasteiger partial charge in [-0.1, -0.05) is 32.1 Å². The number of nitrogens with two attached hydrogens (primary N) is 1. The fourth-order valence-electron chi connectivity index (χ4n) is 4.08. The Hall–Kier alpha value is -0.120. The number of ether oxygens (including phenoxy) is 1. The van der Waals surface area contributed by atoms with Crippen molar-refractivity contribution in [1.82, 2.24) is 4.90 Å². The molecule has 3 nitrogen and oxygen atoms in total. The SMILES string of the molecule is COCC1CCCN(C2(CN)CCCCCCC2)C1. The summed E-state index contributed by atoms with van der Waals surface area (Å²) >= 11 is 0. The van der Waals surface area contributed by atoms with Crippen molar-refractivity contribution >= 4 is 0 Å². The van der Waals surface area contributed by atoms with Crippen LogP contribution in [0.15, 0.2) is 0 Å². The lowest BCUT2D eigenvalue weighted by molar-refractivity contribution is 0.00809. The number of nitrogens with zero attached hydrogens (tertiary/aromatic N) is 1. The summed E-state index contributed by atoms with van der Waals surface area (Å²) in [6.45, 7) is 4.20. The lowest BCUT2D eigenvalue weighted by Crippen LogP contribution is -2.57. The smallest absolute Gasteiger partial charge is 0.0502 e. The van der Waals surface area contributed by atoms with E-state index in [0.717, 1.165) is 13.2 Å². The maximum atomic E-state index is 6.24. The van der Waals surface area contributed by atoms with E-state index in [1.54, 1.807) is 0 Å². The van der Waals surface area contributed by atoms with Gasteiger partial charge in [0, 0.05) is 25.7 Å². The summed E-state index contributed by atoms with van der Waals surface area (Å²) in [6.07, 6.45) is 12.2. The molecule has 1 aliphatic heterocycles. The molecular formula is C16H32N2O. The third-order valence-electron chi connectivity index (χ3n) is 5.26. The molecule has 0 aromatic heterocycles. The first-order valence-electron chi connectivity index (χ1n) is 8.25. The quantitative estimate of drug-likeness (QED) is 0.852. The second-order valence-electron chi connectivity index (χ2n) is 6.61. The van der Waals surface area contributed by atoms with Gasteiger partial charge in [0.2, 0.25) is 0 Å². The van der Waals surface area contributed by atoms with Crippen LogP contribution in [0.5, 0.6) is 0 Å². The van der Waals surface area contributed by atoms with Crippen molar-refractivity contribution < 1.29 is 4.74 Å². The first kappa shape index (κ1) is 15.3. The molecular weight excluding hydrogens is 236 g/mol. The predicted octanol–water partition coefficient (Wildman–Crippen LogP) is 2.79. The summed E-state index contributed by atoms with van der Waals surface area (Å²) in [5.74, 6) is 0.715. The average molecular weight is 268 g/mol. The highest BCUT2D eigenvalue weighted by atomic mass is 16.5. The fourth-order valence-corrected chi connectivity index (χ4v) is 4.08. The van der Waals surface area contributed by atoms with Crippen molar-refractivity contribution in [2.24, 2.45) is 11.7 Å². The largest absolute Gasteiger partial charge is 0.384 e. The molecule has 0 radical (unpaired) electrons. The van der Waals surface area contributed by atoms with Crippen molar-refractivity contribution in [3.05, 3.63) is 0 Å². The zero-order chi connectivity index (χ0) is 13.6. The second-order valence-corrected chi connectivity index (χ2v) is 6.61. The van der Waals surface area contributed by atoms with Gasteiger partial charge in [0.25, 0.3) is 0 Å². The summed E-state index contributed by atoms with van der Waals surface area (Å²) in [5, 5.41) is 0. The minimum absolute atomic E-state index is 0.298. The molecule has 2 fully saturated rings. The van der Waals surface area contributed by atoms with Crippen molar-refractivity contribution in [1.29, 1.82) is 0 Å². The van der Waals surface area contributed by atoms with Crippen LogP contribution in [-0.4, -0.2) is 43.8 Å². The van der Waals surface area contributed by atoms with Crippen LogP contribution in [-0.2, 0) is 4.74 Å². The van der Waals surface area contributed by atoms with E-state index in [2.05, 4.69) is 4.90 Å².